The van der Waals surface area contributed by atoms with Crippen molar-refractivity contribution in [3.8, 4) is 0 Å². The molecule has 76 valence electrons. The second-order valence-corrected chi connectivity index (χ2v) is 2.96. The van der Waals surface area contributed by atoms with Gasteiger partial charge in [0.05, 0.1) is 13.2 Å². The molecule has 1 amide bonds. The minimum Gasteiger partial charge on any atom is -0.444 e. The van der Waals surface area contributed by atoms with Gasteiger partial charge in [0.15, 0.2) is 0 Å². The quantitative estimate of drug-likeness (QED) is 0.667. The lowest BCUT2D eigenvalue weighted by Crippen LogP contribution is -2.44. The first kappa shape index (κ1) is 10.3. The Morgan fingerprint density at radius 1 is 1.77 bits per heavy atom. The van der Waals surface area contributed by atoms with E-state index in [4.69, 9.17) is 14.6 Å². The molecule has 0 aliphatic carbocycles. The number of aliphatic hydroxyl groups excluding tert-OH is 1. The molecule has 5 heteroatoms. The van der Waals surface area contributed by atoms with Crippen LogP contribution in [0.3, 0.4) is 0 Å². The highest BCUT2D eigenvalue weighted by molar-refractivity contribution is 5.68. The number of cyclic esters (lactones) is 1. The second kappa shape index (κ2) is 5.04. The first-order valence-corrected chi connectivity index (χ1v) is 4.33. The Kier molecular flexibility index (Phi) is 3.98. The number of ether oxygens (including phenoxy) is 2. The van der Waals surface area contributed by atoms with E-state index in [-0.39, 0.29) is 18.8 Å². The lowest BCUT2D eigenvalue weighted by Gasteiger charge is -2.30. The highest BCUT2D eigenvalue weighted by atomic mass is 16.6. The van der Waals surface area contributed by atoms with E-state index >= 15 is 0 Å². The van der Waals surface area contributed by atoms with E-state index in [2.05, 4.69) is 0 Å². The molecule has 0 aromatic carbocycles. The predicted molar refractivity (Wildman–Crippen MR) is 45.4 cm³/mol. The second-order valence-electron chi connectivity index (χ2n) is 2.96. The van der Waals surface area contributed by atoms with Gasteiger partial charge in [0.2, 0.25) is 0 Å². The lowest BCUT2D eigenvalue weighted by atomic mass is 10.2. The topological polar surface area (TPSA) is 59.0 Å². The van der Waals surface area contributed by atoms with E-state index < -0.39 is 0 Å². The van der Waals surface area contributed by atoms with Crippen LogP contribution in [-0.4, -0.2) is 55.6 Å². The van der Waals surface area contributed by atoms with Gasteiger partial charge < -0.3 is 19.5 Å². The van der Waals surface area contributed by atoms with Gasteiger partial charge in [-0.05, 0) is 0 Å². The van der Waals surface area contributed by atoms with E-state index in [9.17, 15) is 4.79 Å². The molecule has 1 N–H and O–H groups in total. The highest BCUT2D eigenvalue weighted by Crippen LogP contribution is 2.10. The van der Waals surface area contributed by atoms with Gasteiger partial charge in [-0.2, -0.15) is 0 Å². The number of aliphatic hydroxyl groups is 1. The number of methoxy groups -OCH3 is 1. The zero-order chi connectivity index (χ0) is 9.68. The summed E-state index contributed by atoms with van der Waals surface area (Å²) in [5.41, 5.74) is 0. The number of carbonyl (C=O) groups is 1. The fourth-order valence-corrected chi connectivity index (χ4v) is 1.20. The summed E-state index contributed by atoms with van der Waals surface area (Å²) in [5, 5.41) is 8.75. The van der Waals surface area contributed by atoms with Crippen LogP contribution in [0.2, 0.25) is 0 Å². The molecule has 0 radical (unpaired) electrons. The van der Waals surface area contributed by atoms with Crippen molar-refractivity contribution in [2.45, 2.75) is 12.5 Å². The Morgan fingerprint density at radius 2 is 2.54 bits per heavy atom. The third-order valence-corrected chi connectivity index (χ3v) is 2.02. The summed E-state index contributed by atoms with van der Waals surface area (Å²) >= 11 is 0. The van der Waals surface area contributed by atoms with Crippen LogP contribution in [0, 0.1) is 0 Å². The fourth-order valence-electron chi connectivity index (χ4n) is 1.20. The Hall–Kier alpha value is -0.810. The number of carbonyl (C=O) groups excluding carboxylic acids is 1. The first-order valence-electron chi connectivity index (χ1n) is 4.33. The van der Waals surface area contributed by atoms with E-state index in [0.29, 0.717) is 26.1 Å². The van der Waals surface area contributed by atoms with Gasteiger partial charge in [-0.15, -0.1) is 0 Å². The molecule has 0 saturated carbocycles. The lowest BCUT2D eigenvalue weighted by molar-refractivity contribution is -0.00578. The normalized spacial score (nSPS) is 23.1. The van der Waals surface area contributed by atoms with Crippen LogP contribution in [-0.2, 0) is 9.47 Å². The van der Waals surface area contributed by atoms with Crippen molar-refractivity contribution < 1.29 is 19.4 Å². The molecular formula is C8H15NO4. The van der Waals surface area contributed by atoms with Crippen LogP contribution < -0.4 is 0 Å². The Bertz CT molecular complexity index is 174. The molecule has 0 spiro atoms. The first-order chi connectivity index (χ1) is 6.27. The minimum atomic E-state index is -0.359. The van der Waals surface area contributed by atoms with Crippen molar-refractivity contribution >= 4 is 6.09 Å². The maximum absolute atomic E-state index is 11.2. The summed E-state index contributed by atoms with van der Waals surface area (Å²) in [4.78, 5) is 12.8. The molecule has 0 aromatic rings. The smallest absolute Gasteiger partial charge is 0.410 e. The molecule has 1 atom stereocenters. The minimum absolute atomic E-state index is 0.0934. The molecule has 1 saturated heterocycles. The van der Waals surface area contributed by atoms with Crippen LogP contribution in [0.15, 0.2) is 0 Å². The van der Waals surface area contributed by atoms with Crippen LogP contribution in [0.5, 0.6) is 0 Å². The van der Waals surface area contributed by atoms with Gasteiger partial charge >= 0.3 is 6.09 Å². The third kappa shape index (κ3) is 2.86. The summed E-state index contributed by atoms with van der Waals surface area (Å²) in [7, 11) is 1.59. The molecule has 0 bridgehead atoms. The summed E-state index contributed by atoms with van der Waals surface area (Å²) in [6.45, 7) is 1.60. The van der Waals surface area contributed by atoms with Gasteiger partial charge in [-0.1, -0.05) is 0 Å². The van der Waals surface area contributed by atoms with Crippen LogP contribution in [0.4, 0.5) is 4.79 Å². The van der Waals surface area contributed by atoms with Crippen molar-refractivity contribution in [1.29, 1.82) is 0 Å². The third-order valence-electron chi connectivity index (χ3n) is 2.02. The van der Waals surface area contributed by atoms with Crippen molar-refractivity contribution in [3.63, 3.8) is 0 Å². The van der Waals surface area contributed by atoms with Crippen molar-refractivity contribution in [3.05, 3.63) is 0 Å². The molecule has 5 nitrogen and oxygen atoms in total. The summed E-state index contributed by atoms with van der Waals surface area (Å²) < 4.78 is 9.77. The maximum atomic E-state index is 11.2. The largest absolute Gasteiger partial charge is 0.444 e. The van der Waals surface area contributed by atoms with Gasteiger partial charge in [0.1, 0.15) is 6.10 Å². The van der Waals surface area contributed by atoms with E-state index in [0.717, 1.165) is 0 Å². The van der Waals surface area contributed by atoms with Crippen molar-refractivity contribution in [2.24, 2.45) is 0 Å². The fraction of sp³-hybridized carbons (Fsp3) is 0.875. The standard InChI is InChI=1S/C8H15NO4/c1-12-5-4-9-3-2-7(6-10)13-8(9)11/h7,10H,2-6H2,1H3. The van der Waals surface area contributed by atoms with Crippen LogP contribution in [0.1, 0.15) is 6.42 Å². The molecule has 1 unspecified atom stereocenters. The number of nitrogens with zero attached hydrogens (tertiary/aromatic N) is 1. The average molecular weight is 189 g/mol. The van der Waals surface area contributed by atoms with E-state index in [1.165, 1.54) is 0 Å². The average Bonchev–Trinajstić information content (AvgIpc) is 2.16. The highest BCUT2D eigenvalue weighted by Gasteiger charge is 2.25. The number of rotatable bonds is 4. The number of hydrogen-bond acceptors (Lipinski definition) is 4. The Labute approximate surface area is 77.2 Å². The predicted octanol–water partition coefficient (Wildman–Crippen LogP) is -0.164. The molecule has 1 aliphatic heterocycles. The molecule has 13 heavy (non-hydrogen) atoms. The van der Waals surface area contributed by atoms with Crippen molar-refractivity contribution in [1.82, 2.24) is 4.90 Å². The number of amides is 1. The molecule has 1 aliphatic rings. The zero-order valence-electron chi connectivity index (χ0n) is 7.73. The SMILES string of the molecule is COCCN1CCC(CO)OC1=O. The summed E-state index contributed by atoms with van der Waals surface area (Å²) in [5.74, 6) is 0. The molecule has 1 rings (SSSR count). The van der Waals surface area contributed by atoms with Crippen LogP contribution >= 0.6 is 0 Å². The Balaban J connectivity index is 2.31. The molecule has 1 heterocycles. The molecule has 0 aromatic heterocycles. The molecular weight excluding hydrogens is 174 g/mol. The zero-order valence-corrected chi connectivity index (χ0v) is 7.73. The summed E-state index contributed by atoms with van der Waals surface area (Å²) in [6.07, 6.45) is 0.0000227. The van der Waals surface area contributed by atoms with Crippen molar-refractivity contribution in [2.75, 3.05) is 33.4 Å². The molecule has 1 fully saturated rings. The van der Waals surface area contributed by atoms with E-state index in [1.807, 2.05) is 0 Å². The Morgan fingerprint density at radius 3 is 3.08 bits per heavy atom. The number of hydrogen-bond donors (Lipinski definition) is 1. The van der Waals surface area contributed by atoms with Gasteiger partial charge in [0, 0.05) is 26.6 Å². The van der Waals surface area contributed by atoms with Gasteiger partial charge in [-0.3, -0.25) is 0 Å². The van der Waals surface area contributed by atoms with Crippen LogP contribution in [0.25, 0.3) is 0 Å². The maximum Gasteiger partial charge on any atom is 0.410 e. The van der Waals surface area contributed by atoms with Gasteiger partial charge in [-0.25, -0.2) is 4.79 Å². The van der Waals surface area contributed by atoms with E-state index in [1.54, 1.807) is 12.0 Å². The monoisotopic (exact) mass is 189 g/mol. The van der Waals surface area contributed by atoms with Gasteiger partial charge in [0.25, 0.3) is 0 Å². The summed E-state index contributed by atoms with van der Waals surface area (Å²) in [6, 6.07) is 0.